The average Bonchev–Trinajstić information content (AvgIpc) is 2.55. The summed E-state index contributed by atoms with van der Waals surface area (Å²) in [6, 6.07) is 11.9. The molecular weight excluding hydrogens is 292 g/mol. The van der Waals surface area contributed by atoms with Gasteiger partial charge in [0.15, 0.2) is 0 Å². The molecule has 0 heterocycles. The molecule has 6 N–H and O–H groups in total. The molecule has 2 aromatic rings. The van der Waals surface area contributed by atoms with Crippen molar-refractivity contribution in [3.8, 4) is 11.5 Å². The maximum Gasteiger partial charge on any atom is 0.278 e. The van der Waals surface area contributed by atoms with Crippen LogP contribution in [-0.2, 0) is 0 Å². The summed E-state index contributed by atoms with van der Waals surface area (Å²) in [5, 5.41) is 34.5. The van der Waals surface area contributed by atoms with E-state index in [-0.39, 0.29) is 22.6 Å². The van der Waals surface area contributed by atoms with Crippen molar-refractivity contribution in [3.05, 3.63) is 59.7 Å². The van der Waals surface area contributed by atoms with Crippen LogP contribution in [0.3, 0.4) is 0 Å². The molecule has 8 nitrogen and oxygen atoms in total. The van der Waals surface area contributed by atoms with Gasteiger partial charge < -0.3 is 10.2 Å². The first-order valence-corrected chi connectivity index (χ1v) is 5.96. The summed E-state index contributed by atoms with van der Waals surface area (Å²) < 4.78 is 0. The van der Waals surface area contributed by atoms with Gasteiger partial charge in [0.2, 0.25) is 0 Å². The number of carbonyl (C=O) groups excluding carboxylic acids is 2. The topological polar surface area (TPSA) is 139 Å². The molecule has 116 valence electrons. The number of nitrogens with one attached hydrogen (secondary N) is 2. The molecular formula is C14H14N2O6. The normalized spacial score (nSPS) is 9.18. The van der Waals surface area contributed by atoms with Gasteiger partial charge in [-0.1, -0.05) is 24.3 Å². The highest BCUT2D eigenvalue weighted by Crippen LogP contribution is 2.15. The number of para-hydroxylation sites is 2. The number of hydrogen-bond acceptors (Lipinski definition) is 6. The summed E-state index contributed by atoms with van der Waals surface area (Å²) in [5.41, 5.74) is 2.95. The van der Waals surface area contributed by atoms with Gasteiger partial charge in [-0.05, 0) is 24.3 Å². The lowest BCUT2D eigenvalue weighted by Crippen LogP contribution is -2.18. The molecule has 0 unspecified atom stereocenters. The van der Waals surface area contributed by atoms with Crippen molar-refractivity contribution in [3.63, 3.8) is 0 Å². The Morgan fingerprint density at radius 1 is 0.682 bits per heavy atom. The van der Waals surface area contributed by atoms with E-state index in [4.69, 9.17) is 20.6 Å². The van der Waals surface area contributed by atoms with E-state index in [1.807, 2.05) is 0 Å². The first-order chi connectivity index (χ1) is 10.5. The second-order valence-corrected chi connectivity index (χ2v) is 3.92. The van der Waals surface area contributed by atoms with Crippen LogP contribution in [0.15, 0.2) is 48.5 Å². The van der Waals surface area contributed by atoms with Crippen LogP contribution in [0.4, 0.5) is 0 Å². The molecule has 2 rings (SSSR count). The summed E-state index contributed by atoms with van der Waals surface area (Å²) in [6.45, 7) is 0. The van der Waals surface area contributed by atoms with Gasteiger partial charge in [0.05, 0.1) is 11.1 Å². The first-order valence-electron chi connectivity index (χ1n) is 5.96. The fourth-order valence-electron chi connectivity index (χ4n) is 1.45. The highest BCUT2D eigenvalue weighted by molar-refractivity contribution is 5.96. The highest BCUT2D eigenvalue weighted by atomic mass is 16.5. The van der Waals surface area contributed by atoms with E-state index in [0.29, 0.717) is 0 Å². The minimum absolute atomic E-state index is 0.0509. The maximum absolute atomic E-state index is 10.7. The van der Waals surface area contributed by atoms with Crippen LogP contribution < -0.4 is 11.0 Å². The van der Waals surface area contributed by atoms with Gasteiger partial charge in [-0.2, -0.15) is 0 Å². The zero-order valence-electron chi connectivity index (χ0n) is 11.2. The average molecular weight is 306 g/mol. The van der Waals surface area contributed by atoms with Gasteiger partial charge in [0.25, 0.3) is 11.8 Å². The predicted octanol–water partition coefficient (Wildman–Crippen LogP) is 1.02. The summed E-state index contributed by atoms with van der Waals surface area (Å²) >= 11 is 0. The van der Waals surface area contributed by atoms with Crippen molar-refractivity contribution in [2.45, 2.75) is 0 Å². The Morgan fingerprint density at radius 2 is 1.00 bits per heavy atom. The molecule has 0 aliphatic carbocycles. The molecule has 0 radical (unpaired) electrons. The summed E-state index contributed by atoms with van der Waals surface area (Å²) in [4.78, 5) is 21.4. The summed E-state index contributed by atoms with van der Waals surface area (Å²) in [6.07, 6.45) is 0. The van der Waals surface area contributed by atoms with E-state index in [1.165, 1.54) is 35.2 Å². The zero-order chi connectivity index (χ0) is 16.5. The maximum atomic E-state index is 10.7. The number of carbonyl (C=O) groups is 2. The highest BCUT2D eigenvalue weighted by Gasteiger charge is 2.08. The van der Waals surface area contributed by atoms with Gasteiger partial charge in [-0.3, -0.25) is 20.0 Å². The van der Waals surface area contributed by atoms with Crippen molar-refractivity contribution >= 4 is 11.8 Å². The third-order valence-electron chi connectivity index (χ3n) is 2.50. The van der Waals surface area contributed by atoms with Crippen LogP contribution in [0.1, 0.15) is 20.7 Å². The van der Waals surface area contributed by atoms with Crippen LogP contribution in [0.5, 0.6) is 11.5 Å². The smallest absolute Gasteiger partial charge is 0.278 e. The Hall–Kier alpha value is -3.10. The second-order valence-electron chi connectivity index (χ2n) is 3.92. The fraction of sp³-hybridized carbons (Fsp3) is 0. The lowest BCUT2D eigenvalue weighted by atomic mass is 10.2. The molecule has 8 heteroatoms. The predicted molar refractivity (Wildman–Crippen MR) is 74.7 cm³/mol. The van der Waals surface area contributed by atoms with Crippen LogP contribution in [-0.4, -0.2) is 32.4 Å². The largest absolute Gasteiger partial charge is 0.507 e. The number of rotatable bonds is 2. The molecule has 0 aliphatic heterocycles. The number of benzene rings is 2. The molecule has 0 spiro atoms. The van der Waals surface area contributed by atoms with E-state index in [1.54, 1.807) is 24.3 Å². The minimum atomic E-state index is -0.719. The standard InChI is InChI=1S/2C7H7NO3/c2*9-6-4-2-1-3-5(6)7(10)8-11/h2*1-4,9,11H,(H,8,10). The van der Waals surface area contributed by atoms with Crippen LogP contribution in [0.25, 0.3) is 0 Å². The van der Waals surface area contributed by atoms with Crippen molar-refractivity contribution in [1.82, 2.24) is 11.0 Å². The molecule has 0 atom stereocenters. The molecule has 0 fully saturated rings. The Kier molecular flexibility index (Phi) is 6.35. The van der Waals surface area contributed by atoms with Crippen molar-refractivity contribution in [2.24, 2.45) is 0 Å². The van der Waals surface area contributed by atoms with E-state index in [9.17, 15) is 9.59 Å². The van der Waals surface area contributed by atoms with Gasteiger partial charge in [-0.25, -0.2) is 11.0 Å². The lowest BCUT2D eigenvalue weighted by Gasteiger charge is -1.99. The molecule has 0 saturated carbocycles. The van der Waals surface area contributed by atoms with Gasteiger partial charge in [0.1, 0.15) is 11.5 Å². The van der Waals surface area contributed by atoms with E-state index in [2.05, 4.69) is 0 Å². The quantitative estimate of drug-likeness (QED) is 0.362. The number of hydrogen-bond donors (Lipinski definition) is 6. The van der Waals surface area contributed by atoms with Crippen molar-refractivity contribution in [1.29, 1.82) is 0 Å². The molecule has 0 aliphatic rings. The number of aromatic hydroxyl groups is 2. The van der Waals surface area contributed by atoms with Gasteiger partial charge in [-0.15, -0.1) is 0 Å². The van der Waals surface area contributed by atoms with Crippen LogP contribution >= 0.6 is 0 Å². The lowest BCUT2D eigenvalue weighted by molar-refractivity contribution is 0.0699. The fourth-order valence-corrected chi connectivity index (χ4v) is 1.45. The number of hydroxylamine groups is 2. The Morgan fingerprint density at radius 3 is 1.27 bits per heavy atom. The van der Waals surface area contributed by atoms with Crippen molar-refractivity contribution in [2.75, 3.05) is 0 Å². The van der Waals surface area contributed by atoms with E-state index in [0.717, 1.165) is 0 Å². The minimum Gasteiger partial charge on any atom is -0.507 e. The molecule has 0 aromatic heterocycles. The second kappa shape index (κ2) is 8.25. The molecule has 0 bridgehead atoms. The van der Waals surface area contributed by atoms with Crippen LogP contribution in [0.2, 0.25) is 0 Å². The number of phenolic OH excluding ortho intramolecular Hbond substituents is 2. The van der Waals surface area contributed by atoms with Crippen molar-refractivity contribution < 1.29 is 30.2 Å². The van der Waals surface area contributed by atoms with Gasteiger partial charge >= 0.3 is 0 Å². The van der Waals surface area contributed by atoms with Crippen LogP contribution in [0, 0.1) is 0 Å². The van der Waals surface area contributed by atoms with E-state index < -0.39 is 11.8 Å². The molecule has 0 saturated heterocycles. The summed E-state index contributed by atoms with van der Waals surface area (Å²) in [7, 11) is 0. The Labute approximate surface area is 125 Å². The zero-order valence-corrected chi connectivity index (χ0v) is 11.2. The molecule has 2 aromatic carbocycles. The molecule has 22 heavy (non-hydrogen) atoms. The Bertz CT molecular complexity index is 602. The summed E-state index contributed by atoms with van der Waals surface area (Å²) in [5.74, 6) is -1.75. The Balaban J connectivity index is 0.000000220. The SMILES string of the molecule is O=C(NO)c1ccccc1O.O=C(NO)c1ccccc1O. The number of phenols is 2. The number of amides is 2. The molecule has 2 amide bonds. The third-order valence-corrected chi connectivity index (χ3v) is 2.50. The van der Waals surface area contributed by atoms with E-state index >= 15 is 0 Å². The first kappa shape index (κ1) is 17.0. The monoisotopic (exact) mass is 306 g/mol. The van der Waals surface area contributed by atoms with Gasteiger partial charge in [0, 0.05) is 0 Å². The third kappa shape index (κ3) is 4.47.